The molecule has 0 bridgehead atoms. The summed E-state index contributed by atoms with van der Waals surface area (Å²) in [5, 5.41) is 6.86. The third-order valence-corrected chi connectivity index (χ3v) is 5.55. The molecule has 0 saturated carbocycles. The number of carbonyl (C=O) groups excluding carboxylic acids is 2. The predicted molar refractivity (Wildman–Crippen MR) is 135 cm³/mol. The maximum atomic E-state index is 12.4. The number of benzene rings is 3. The molecule has 0 aliphatic carbocycles. The topological polar surface area (TPSA) is 89.0 Å². The van der Waals surface area contributed by atoms with Gasteiger partial charge in [0.15, 0.2) is 6.61 Å². The van der Waals surface area contributed by atoms with Gasteiger partial charge in [0.25, 0.3) is 11.8 Å². The van der Waals surface area contributed by atoms with Gasteiger partial charge in [0, 0.05) is 21.3 Å². The van der Waals surface area contributed by atoms with Crippen LogP contribution in [-0.4, -0.2) is 31.7 Å². The van der Waals surface area contributed by atoms with E-state index in [1.165, 1.54) is 13.3 Å². The number of nitrogens with one attached hydrogen (secondary N) is 2. The van der Waals surface area contributed by atoms with E-state index in [4.69, 9.17) is 9.47 Å². The normalized spacial score (nSPS) is 10.7. The van der Waals surface area contributed by atoms with Gasteiger partial charge in [0.2, 0.25) is 0 Å². The lowest BCUT2D eigenvalue weighted by atomic mass is 10.2. The van der Waals surface area contributed by atoms with Gasteiger partial charge in [-0.25, -0.2) is 5.43 Å². The molecule has 0 spiro atoms. The molecular weight excluding hydrogens is 554 g/mol. The van der Waals surface area contributed by atoms with Crippen molar-refractivity contribution in [3.8, 4) is 11.5 Å². The van der Waals surface area contributed by atoms with E-state index in [1.807, 2.05) is 31.2 Å². The second-order valence-corrected chi connectivity index (χ2v) is 8.66. The van der Waals surface area contributed by atoms with Crippen LogP contribution in [0.1, 0.15) is 21.5 Å². The van der Waals surface area contributed by atoms with Gasteiger partial charge in [0.1, 0.15) is 11.5 Å². The predicted octanol–water partition coefficient (Wildman–Crippen LogP) is 5.31. The molecule has 2 N–H and O–H groups in total. The quantitative estimate of drug-likeness (QED) is 0.282. The Balaban J connectivity index is 1.69. The highest BCUT2D eigenvalue weighted by Gasteiger charge is 2.13. The maximum Gasteiger partial charge on any atom is 0.271 e. The lowest BCUT2D eigenvalue weighted by Gasteiger charge is -2.13. The fraction of sp³-hybridized carbons (Fsp3) is 0.125. The zero-order valence-electron chi connectivity index (χ0n) is 17.9. The fourth-order valence-corrected chi connectivity index (χ4v) is 4.23. The Labute approximate surface area is 208 Å². The number of rotatable bonds is 8. The number of hydrogen-bond donors (Lipinski definition) is 2. The number of ether oxygens (including phenoxy) is 2. The van der Waals surface area contributed by atoms with Crippen LogP contribution in [0.25, 0.3) is 0 Å². The van der Waals surface area contributed by atoms with Crippen molar-refractivity contribution >= 4 is 55.6 Å². The smallest absolute Gasteiger partial charge is 0.271 e. The number of methoxy groups -OCH3 is 1. The van der Waals surface area contributed by atoms with Crippen molar-refractivity contribution in [3.05, 3.63) is 86.3 Å². The number of halogens is 2. The summed E-state index contributed by atoms with van der Waals surface area (Å²) in [4.78, 5) is 24.7. The van der Waals surface area contributed by atoms with Crippen molar-refractivity contribution in [3.63, 3.8) is 0 Å². The van der Waals surface area contributed by atoms with Crippen LogP contribution in [0.2, 0.25) is 0 Å². The summed E-state index contributed by atoms with van der Waals surface area (Å²) in [6.45, 7) is 1.71. The van der Waals surface area contributed by atoms with Crippen LogP contribution in [0.3, 0.4) is 0 Å². The molecule has 0 atom stereocenters. The second-order valence-electron chi connectivity index (χ2n) is 6.89. The van der Waals surface area contributed by atoms with E-state index < -0.39 is 0 Å². The molecule has 2 amide bonds. The molecule has 0 saturated heterocycles. The monoisotopic (exact) mass is 573 g/mol. The minimum atomic E-state index is -0.390. The second kappa shape index (κ2) is 11.6. The average Bonchev–Trinajstić information content (AvgIpc) is 2.80. The minimum Gasteiger partial charge on any atom is -0.497 e. The van der Waals surface area contributed by atoms with E-state index in [1.54, 1.807) is 36.4 Å². The molecule has 0 heterocycles. The van der Waals surface area contributed by atoms with Gasteiger partial charge in [-0.3, -0.25) is 9.59 Å². The van der Waals surface area contributed by atoms with Gasteiger partial charge < -0.3 is 14.8 Å². The third kappa shape index (κ3) is 6.90. The van der Waals surface area contributed by atoms with Crippen molar-refractivity contribution < 1.29 is 19.1 Å². The number of hydrazone groups is 1. The maximum absolute atomic E-state index is 12.4. The number of hydrogen-bond acceptors (Lipinski definition) is 5. The summed E-state index contributed by atoms with van der Waals surface area (Å²) in [5.74, 6) is 0.298. The molecule has 0 aromatic heterocycles. The van der Waals surface area contributed by atoms with E-state index in [0.717, 1.165) is 15.7 Å². The van der Waals surface area contributed by atoms with Crippen molar-refractivity contribution in [2.75, 3.05) is 19.0 Å². The Morgan fingerprint density at radius 3 is 2.61 bits per heavy atom. The van der Waals surface area contributed by atoms with Crippen LogP contribution < -0.4 is 20.2 Å². The Morgan fingerprint density at radius 1 is 1.06 bits per heavy atom. The third-order valence-electron chi connectivity index (χ3n) is 4.51. The summed E-state index contributed by atoms with van der Waals surface area (Å²) in [7, 11) is 1.53. The van der Waals surface area contributed by atoms with Crippen molar-refractivity contribution in [2.45, 2.75) is 6.92 Å². The summed E-state index contributed by atoms with van der Waals surface area (Å²) in [6, 6.07) is 17.8. The first kappa shape index (κ1) is 24.5. The molecule has 0 radical (unpaired) electrons. The van der Waals surface area contributed by atoms with Crippen LogP contribution in [0.4, 0.5) is 5.69 Å². The van der Waals surface area contributed by atoms with Crippen LogP contribution in [0, 0.1) is 6.92 Å². The Kier molecular flexibility index (Phi) is 8.62. The van der Waals surface area contributed by atoms with E-state index in [9.17, 15) is 9.59 Å². The number of carbonyl (C=O) groups is 2. The van der Waals surface area contributed by atoms with Gasteiger partial charge in [-0.1, -0.05) is 40.2 Å². The molecule has 7 nitrogen and oxygen atoms in total. The summed E-state index contributed by atoms with van der Waals surface area (Å²) in [5.41, 5.74) is 5.13. The van der Waals surface area contributed by atoms with Crippen molar-refractivity contribution in [1.82, 2.24) is 5.43 Å². The first-order chi connectivity index (χ1) is 15.9. The standard InChI is InChI=1S/C24H21Br2N3O4/c1-15-6-3-4-9-21(15)28-22(30)14-33-23-17(10-18(25)12-20(23)26)13-27-29-24(31)16-7-5-8-19(11-16)32-2/h3-13H,14H2,1-2H3,(H,28,30)(H,29,31)/b27-13+. The molecule has 170 valence electrons. The van der Waals surface area contributed by atoms with Crippen molar-refractivity contribution in [1.29, 1.82) is 0 Å². The Morgan fingerprint density at radius 2 is 1.85 bits per heavy atom. The molecular formula is C24H21Br2N3O4. The summed E-state index contributed by atoms with van der Waals surface area (Å²) >= 11 is 6.88. The molecule has 0 fully saturated rings. The Bertz CT molecular complexity index is 1200. The van der Waals surface area contributed by atoms with E-state index in [0.29, 0.717) is 27.1 Å². The first-order valence-corrected chi connectivity index (χ1v) is 11.4. The zero-order chi connectivity index (χ0) is 23.8. The van der Waals surface area contributed by atoms with E-state index in [-0.39, 0.29) is 18.4 Å². The number of aryl methyl sites for hydroxylation is 1. The summed E-state index contributed by atoms with van der Waals surface area (Å²) in [6.07, 6.45) is 1.45. The highest BCUT2D eigenvalue weighted by atomic mass is 79.9. The highest BCUT2D eigenvalue weighted by molar-refractivity contribution is 9.11. The molecule has 33 heavy (non-hydrogen) atoms. The lowest BCUT2D eigenvalue weighted by molar-refractivity contribution is -0.118. The molecule has 3 aromatic carbocycles. The largest absolute Gasteiger partial charge is 0.497 e. The first-order valence-electron chi connectivity index (χ1n) is 9.82. The van der Waals surface area contributed by atoms with Gasteiger partial charge in [0.05, 0.1) is 17.8 Å². The van der Waals surface area contributed by atoms with Gasteiger partial charge in [-0.15, -0.1) is 0 Å². The highest BCUT2D eigenvalue weighted by Crippen LogP contribution is 2.32. The van der Waals surface area contributed by atoms with Gasteiger partial charge in [-0.05, 0) is 64.8 Å². The molecule has 3 rings (SSSR count). The molecule has 0 aliphatic heterocycles. The number of para-hydroxylation sites is 1. The SMILES string of the molecule is COc1cccc(C(=O)N/N=C/c2cc(Br)cc(Br)c2OCC(=O)Nc2ccccc2C)c1. The van der Waals surface area contributed by atoms with E-state index in [2.05, 4.69) is 47.7 Å². The Hall–Kier alpha value is -3.17. The minimum absolute atomic E-state index is 0.203. The number of anilines is 1. The van der Waals surface area contributed by atoms with Crippen LogP contribution in [0.5, 0.6) is 11.5 Å². The number of nitrogens with zero attached hydrogens (tertiary/aromatic N) is 1. The molecule has 0 unspecified atom stereocenters. The number of amides is 2. The van der Waals surface area contributed by atoms with Crippen LogP contribution in [-0.2, 0) is 4.79 Å². The average molecular weight is 575 g/mol. The molecule has 3 aromatic rings. The van der Waals surface area contributed by atoms with Crippen LogP contribution in [0.15, 0.2) is 74.7 Å². The van der Waals surface area contributed by atoms with Crippen molar-refractivity contribution in [2.24, 2.45) is 5.10 Å². The van der Waals surface area contributed by atoms with Gasteiger partial charge in [-0.2, -0.15) is 5.10 Å². The fourth-order valence-electron chi connectivity index (χ4n) is 2.85. The lowest BCUT2D eigenvalue weighted by Crippen LogP contribution is -2.21. The summed E-state index contributed by atoms with van der Waals surface area (Å²) < 4.78 is 12.3. The molecule has 9 heteroatoms. The van der Waals surface area contributed by atoms with Gasteiger partial charge >= 0.3 is 0 Å². The molecule has 0 aliphatic rings. The zero-order valence-corrected chi connectivity index (χ0v) is 21.1. The van der Waals surface area contributed by atoms with Crippen LogP contribution >= 0.6 is 31.9 Å². The van der Waals surface area contributed by atoms with E-state index >= 15 is 0 Å².